The third-order valence-electron chi connectivity index (χ3n) is 5.93. The first kappa shape index (κ1) is 22.9. The van der Waals surface area contributed by atoms with E-state index in [-0.39, 0.29) is 28.7 Å². The lowest BCUT2D eigenvalue weighted by molar-refractivity contribution is -0.123. The molecule has 1 saturated carbocycles. The van der Waals surface area contributed by atoms with Gasteiger partial charge in [0.25, 0.3) is 5.91 Å². The molecule has 0 spiro atoms. The van der Waals surface area contributed by atoms with Crippen LogP contribution in [-0.4, -0.2) is 16.8 Å². The van der Waals surface area contributed by atoms with Gasteiger partial charge in [-0.3, -0.25) is 20.4 Å². The maximum Gasteiger partial charge on any atom is 0.272 e. The number of hydrogen-bond donors (Lipinski definition) is 2. The Morgan fingerprint density at radius 2 is 1.79 bits per heavy atom. The van der Waals surface area contributed by atoms with Crippen LogP contribution in [0.5, 0.6) is 0 Å². The fraction of sp³-hybridized carbons (Fsp3) is 0.240. The molecule has 0 bridgehead atoms. The smallest absolute Gasteiger partial charge is 0.272 e. The molecule has 1 heterocycles. The van der Waals surface area contributed by atoms with Crippen LogP contribution in [0.25, 0.3) is 0 Å². The molecule has 33 heavy (non-hydrogen) atoms. The predicted octanol–water partition coefficient (Wildman–Crippen LogP) is 4.85. The Kier molecular flexibility index (Phi) is 6.47. The van der Waals surface area contributed by atoms with Crippen molar-refractivity contribution in [3.05, 3.63) is 95.2 Å². The van der Waals surface area contributed by atoms with Crippen LogP contribution in [0.2, 0.25) is 0 Å². The number of benzene rings is 2. The van der Waals surface area contributed by atoms with Crippen molar-refractivity contribution in [3.8, 4) is 0 Å². The second-order valence-electron chi connectivity index (χ2n) is 8.55. The van der Waals surface area contributed by atoms with Crippen molar-refractivity contribution in [3.63, 3.8) is 0 Å². The van der Waals surface area contributed by atoms with Gasteiger partial charge in [0.1, 0.15) is 11.6 Å². The number of halogens is 2. The number of nitrogens with one attached hydrogen (secondary N) is 2. The van der Waals surface area contributed by atoms with Crippen LogP contribution in [0.15, 0.2) is 71.9 Å². The monoisotopic (exact) mass is 467 g/mol. The van der Waals surface area contributed by atoms with E-state index in [1.165, 1.54) is 5.56 Å². The Labute approximate surface area is 195 Å². The number of rotatable bonds is 6. The van der Waals surface area contributed by atoms with E-state index < -0.39 is 17.5 Å². The Balaban J connectivity index is 1.34. The van der Waals surface area contributed by atoms with Crippen LogP contribution in [0, 0.1) is 23.0 Å². The summed E-state index contributed by atoms with van der Waals surface area (Å²) < 4.78 is 26.8. The number of hydrogen-bond acceptors (Lipinski definition) is 4. The van der Waals surface area contributed by atoms with Crippen molar-refractivity contribution in [1.29, 1.82) is 0 Å². The molecule has 1 aromatic heterocycles. The van der Waals surface area contributed by atoms with Crippen LogP contribution in [0.1, 0.15) is 41.3 Å². The third kappa shape index (κ3) is 5.06. The van der Waals surface area contributed by atoms with Crippen LogP contribution in [0.4, 0.5) is 8.78 Å². The van der Waals surface area contributed by atoms with E-state index in [4.69, 9.17) is 0 Å². The number of nitrogens with zero attached hydrogens (tertiary/aromatic N) is 1. The second-order valence-corrected chi connectivity index (χ2v) is 9.54. The summed E-state index contributed by atoms with van der Waals surface area (Å²) in [6.07, 6.45) is 1.79. The van der Waals surface area contributed by atoms with E-state index in [2.05, 4.69) is 28.0 Å². The van der Waals surface area contributed by atoms with Gasteiger partial charge in [0.2, 0.25) is 5.91 Å². The van der Waals surface area contributed by atoms with Crippen molar-refractivity contribution in [1.82, 2.24) is 15.8 Å². The average Bonchev–Trinajstić information content (AvgIpc) is 3.38. The van der Waals surface area contributed by atoms with Gasteiger partial charge in [-0.05, 0) is 34.7 Å². The van der Waals surface area contributed by atoms with Crippen molar-refractivity contribution >= 4 is 23.6 Å². The predicted molar refractivity (Wildman–Crippen MR) is 122 cm³/mol. The van der Waals surface area contributed by atoms with Crippen LogP contribution in [0.3, 0.4) is 0 Å². The lowest BCUT2D eigenvalue weighted by Gasteiger charge is -2.09. The molecule has 8 heteroatoms. The zero-order chi connectivity index (χ0) is 23.6. The summed E-state index contributed by atoms with van der Waals surface area (Å²) in [5.41, 5.74) is 6.07. The van der Waals surface area contributed by atoms with E-state index in [9.17, 15) is 18.4 Å². The molecule has 1 aliphatic rings. The van der Waals surface area contributed by atoms with Gasteiger partial charge in [-0.25, -0.2) is 13.8 Å². The molecular formula is C25H23F2N3O2S. The molecule has 170 valence electrons. The first-order valence-corrected chi connectivity index (χ1v) is 11.4. The highest BCUT2D eigenvalue weighted by molar-refractivity contribution is 7.98. The Morgan fingerprint density at radius 1 is 1.03 bits per heavy atom. The Morgan fingerprint density at radius 3 is 2.45 bits per heavy atom. The fourth-order valence-electron chi connectivity index (χ4n) is 4.08. The summed E-state index contributed by atoms with van der Waals surface area (Å²) in [6.45, 7) is 3.95. The van der Waals surface area contributed by atoms with E-state index in [0.29, 0.717) is 6.07 Å². The lowest BCUT2D eigenvalue weighted by atomic mass is 10.1. The van der Waals surface area contributed by atoms with Crippen molar-refractivity contribution in [2.45, 2.75) is 30.5 Å². The van der Waals surface area contributed by atoms with Crippen LogP contribution in [-0.2, 0) is 10.5 Å². The standard InChI is InChI=1S/C25H23F2N3O2S/c1-25(2)21(16-8-11-20(28-13-16)33-14-15-6-4-3-5-7-15)22(25)24(32)30-29-23(31)18-10-9-17(26)12-19(18)27/h3-13,21-22H,14H2,1-2H3,(H,29,31)(H,30,32)/t21-,22+/m0/s1. The molecule has 5 nitrogen and oxygen atoms in total. The quantitative estimate of drug-likeness (QED) is 0.402. The second kappa shape index (κ2) is 9.31. The van der Waals surface area contributed by atoms with E-state index >= 15 is 0 Å². The minimum absolute atomic E-state index is 0.0577. The van der Waals surface area contributed by atoms with Crippen molar-refractivity contribution in [2.75, 3.05) is 0 Å². The minimum atomic E-state index is -0.998. The number of pyridine rings is 1. The lowest BCUT2D eigenvalue weighted by Crippen LogP contribution is -2.43. The molecule has 4 rings (SSSR count). The van der Waals surface area contributed by atoms with Crippen LogP contribution >= 0.6 is 11.8 Å². The molecule has 0 saturated heterocycles. The van der Waals surface area contributed by atoms with Crippen molar-refractivity contribution in [2.24, 2.45) is 11.3 Å². The van der Waals surface area contributed by atoms with Crippen molar-refractivity contribution < 1.29 is 18.4 Å². The summed E-state index contributed by atoms with van der Waals surface area (Å²) in [6, 6.07) is 16.7. The van der Waals surface area contributed by atoms with E-state index in [0.717, 1.165) is 28.5 Å². The average molecular weight is 468 g/mol. The molecule has 2 amide bonds. The molecule has 0 unspecified atom stereocenters. The highest BCUT2D eigenvalue weighted by atomic mass is 32.2. The number of hydrazine groups is 1. The molecule has 2 atom stereocenters. The number of carbonyl (C=O) groups is 2. The van der Waals surface area contributed by atoms with Gasteiger partial charge in [0, 0.05) is 23.9 Å². The highest BCUT2D eigenvalue weighted by Gasteiger charge is 2.62. The molecule has 0 aliphatic heterocycles. The van der Waals surface area contributed by atoms with Gasteiger partial charge in [-0.15, -0.1) is 11.8 Å². The van der Waals surface area contributed by atoms with Gasteiger partial charge in [-0.1, -0.05) is 50.2 Å². The molecular weight excluding hydrogens is 444 g/mol. The molecule has 1 aliphatic carbocycles. The molecule has 1 fully saturated rings. The van der Waals surface area contributed by atoms with Gasteiger partial charge in [0.15, 0.2) is 0 Å². The highest BCUT2D eigenvalue weighted by Crippen LogP contribution is 2.64. The third-order valence-corrected chi connectivity index (χ3v) is 6.95. The van der Waals surface area contributed by atoms with Gasteiger partial charge < -0.3 is 0 Å². The number of thioether (sulfide) groups is 1. The summed E-state index contributed by atoms with van der Waals surface area (Å²) in [7, 11) is 0. The summed E-state index contributed by atoms with van der Waals surface area (Å²) >= 11 is 1.64. The SMILES string of the molecule is CC1(C)[C@@H](C(=O)NNC(=O)c2ccc(F)cc2F)[C@@H]1c1ccc(SCc2ccccc2)nc1. The Bertz CT molecular complexity index is 1170. The molecule has 2 N–H and O–H groups in total. The first-order valence-electron chi connectivity index (χ1n) is 10.5. The summed E-state index contributed by atoms with van der Waals surface area (Å²) in [5, 5.41) is 0.899. The topological polar surface area (TPSA) is 71.1 Å². The fourth-order valence-corrected chi connectivity index (χ4v) is 4.88. The molecule has 0 radical (unpaired) electrons. The number of carbonyl (C=O) groups excluding carboxylic acids is 2. The summed E-state index contributed by atoms with van der Waals surface area (Å²) in [5.74, 6) is -2.61. The minimum Gasteiger partial charge on any atom is -0.273 e. The van der Waals surface area contributed by atoms with E-state index in [1.54, 1.807) is 18.0 Å². The van der Waals surface area contributed by atoms with Gasteiger partial charge >= 0.3 is 0 Å². The molecule has 2 aromatic carbocycles. The van der Waals surface area contributed by atoms with Crippen LogP contribution < -0.4 is 10.9 Å². The molecule has 3 aromatic rings. The van der Waals surface area contributed by atoms with E-state index in [1.807, 2.05) is 44.2 Å². The summed E-state index contributed by atoms with van der Waals surface area (Å²) in [4.78, 5) is 29.4. The zero-order valence-corrected chi connectivity index (χ0v) is 19.0. The Hall–Kier alpha value is -3.26. The maximum absolute atomic E-state index is 13.8. The normalized spacial score (nSPS) is 18.4. The van der Waals surface area contributed by atoms with Gasteiger partial charge in [-0.2, -0.15) is 0 Å². The number of aromatic nitrogens is 1. The largest absolute Gasteiger partial charge is 0.273 e. The van der Waals surface area contributed by atoms with Gasteiger partial charge in [0.05, 0.1) is 16.5 Å². The zero-order valence-electron chi connectivity index (χ0n) is 18.1. The number of amides is 2. The maximum atomic E-state index is 13.8. The first-order chi connectivity index (χ1) is 15.8.